The molecule has 2 aromatic rings. The minimum atomic E-state index is -3.87. The minimum absolute atomic E-state index is 0.0211. The van der Waals surface area contributed by atoms with E-state index >= 15 is 0 Å². The fourth-order valence-electron chi connectivity index (χ4n) is 1.76. The predicted molar refractivity (Wildman–Crippen MR) is 78.7 cm³/mol. The number of halogens is 1. The van der Waals surface area contributed by atoms with E-state index in [1.165, 1.54) is 43.5 Å². The van der Waals surface area contributed by atoms with E-state index in [-0.39, 0.29) is 21.9 Å². The van der Waals surface area contributed by atoms with Crippen LogP contribution in [0.1, 0.15) is 10.4 Å². The van der Waals surface area contributed by atoms with E-state index in [9.17, 15) is 17.6 Å². The molecule has 116 valence electrons. The first-order valence-corrected chi connectivity index (χ1v) is 7.63. The van der Waals surface area contributed by atoms with Gasteiger partial charge in [-0.2, -0.15) is 0 Å². The lowest BCUT2D eigenvalue weighted by molar-refractivity contribution is 0.102. The van der Waals surface area contributed by atoms with Crippen LogP contribution in [0.25, 0.3) is 0 Å². The Morgan fingerprint density at radius 2 is 1.95 bits per heavy atom. The number of nitrogens with one attached hydrogen (secondary N) is 1. The number of rotatable bonds is 4. The molecule has 3 N–H and O–H groups in total. The van der Waals surface area contributed by atoms with Crippen molar-refractivity contribution in [1.29, 1.82) is 0 Å². The first kappa shape index (κ1) is 15.9. The van der Waals surface area contributed by atoms with Crippen LogP contribution in [0.4, 0.5) is 10.1 Å². The summed E-state index contributed by atoms with van der Waals surface area (Å²) in [6, 6.07) is 9.19. The summed E-state index contributed by atoms with van der Waals surface area (Å²) < 4.78 is 40.8. The highest BCUT2D eigenvalue weighted by molar-refractivity contribution is 7.89. The Morgan fingerprint density at radius 3 is 2.55 bits per heavy atom. The summed E-state index contributed by atoms with van der Waals surface area (Å²) in [7, 11) is -2.55. The Labute approximate surface area is 126 Å². The van der Waals surface area contributed by atoms with Gasteiger partial charge in [-0.15, -0.1) is 0 Å². The van der Waals surface area contributed by atoms with E-state index < -0.39 is 21.7 Å². The molecule has 6 nitrogen and oxygen atoms in total. The van der Waals surface area contributed by atoms with Gasteiger partial charge >= 0.3 is 0 Å². The van der Waals surface area contributed by atoms with Gasteiger partial charge in [0.15, 0.2) is 11.6 Å². The monoisotopic (exact) mass is 324 g/mol. The number of ether oxygens (including phenoxy) is 1. The van der Waals surface area contributed by atoms with Crippen molar-refractivity contribution < 1.29 is 22.3 Å². The molecule has 0 aliphatic rings. The van der Waals surface area contributed by atoms with Gasteiger partial charge in [-0.3, -0.25) is 4.79 Å². The molecule has 0 spiro atoms. The van der Waals surface area contributed by atoms with Gasteiger partial charge < -0.3 is 10.1 Å². The molecule has 2 aromatic carbocycles. The molecule has 8 heteroatoms. The fraction of sp³-hybridized carbons (Fsp3) is 0.0714. The van der Waals surface area contributed by atoms with E-state index in [1.54, 1.807) is 0 Å². The third-order valence-corrected chi connectivity index (χ3v) is 3.75. The largest absolute Gasteiger partial charge is 0.494 e. The molecule has 0 heterocycles. The van der Waals surface area contributed by atoms with Gasteiger partial charge in [-0.1, -0.05) is 6.07 Å². The van der Waals surface area contributed by atoms with Crippen molar-refractivity contribution in [2.24, 2.45) is 5.14 Å². The topological polar surface area (TPSA) is 98.5 Å². The molecule has 0 bridgehead atoms. The maximum Gasteiger partial charge on any atom is 0.255 e. The summed E-state index contributed by atoms with van der Waals surface area (Å²) >= 11 is 0. The van der Waals surface area contributed by atoms with Crippen LogP contribution in [0.2, 0.25) is 0 Å². The van der Waals surface area contributed by atoms with Crippen LogP contribution in [-0.2, 0) is 10.0 Å². The second-order valence-electron chi connectivity index (χ2n) is 4.38. The van der Waals surface area contributed by atoms with Gasteiger partial charge in [0.05, 0.1) is 12.0 Å². The average Bonchev–Trinajstić information content (AvgIpc) is 2.46. The minimum Gasteiger partial charge on any atom is -0.494 e. The van der Waals surface area contributed by atoms with Crippen molar-refractivity contribution in [3.63, 3.8) is 0 Å². The van der Waals surface area contributed by atoms with E-state index in [2.05, 4.69) is 5.32 Å². The molecule has 0 aliphatic carbocycles. The van der Waals surface area contributed by atoms with Gasteiger partial charge in [-0.05, 0) is 36.4 Å². The van der Waals surface area contributed by atoms with Crippen LogP contribution in [0.15, 0.2) is 47.4 Å². The highest BCUT2D eigenvalue weighted by Gasteiger charge is 2.12. The number of hydrogen-bond acceptors (Lipinski definition) is 4. The van der Waals surface area contributed by atoms with Crippen molar-refractivity contribution in [1.82, 2.24) is 0 Å². The molecule has 0 atom stereocenters. The van der Waals surface area contributed by atoms with Crippen LogP contribution in [-0.4, -0.2) is 21.4 Å². The lowest BCUT2D eigenvalue weighted by atomic mass is 10.2. The third kappa shape index (κ3) is 3.60. The quantitative estimate of drug-likeness (QED) is 0.895. The fourth-order valence-corrected chi connectivity index (χ4v) is 2.32. The lowest BCUT2D eigenvalue weighted by Crippen LogP contribution is -2.15. The molecule has 0 fully saturated rings. The van der Waals surface area contributed by atoms with E-state index in [0.717, 1.165) is 6.07 Å². The third-order valence-electron chi connectivity index (χ3n) is 2.83. The van der Waals surface area contributed by atoms with Crippen molar-refractivity contribution in [2.75, 3.05) is 12.4 Å². The average molecular weight is 324 g/mol. The Kier molecular flexibility index (Phi) is 4.43. The van der Waals surface area contributed by atoms with Gasteiger partial charge in [0.2, 0.25) is 10.0 Å². The Bertz CT molecular complexity index is 821. The molecule has 1 amide bonds. The lowest BCUT2D eigenvalue weighted by Gasteiger charge is -2.08. The summed E-state index contributed by atoms with van der Waals surface area (Å²) in [4.78, 5) is 11.9. The number of carbonyl (C=O) groups excluding carboxylic acids is 1. The second kappa shape index (κ2) is 6.12. The van der Waals surface area contributed by atoms with Crippen LogP contribution in [0.3, 0.4) is 0 Å². The molecule has 0 saturated heterocycles. The van der Waals surface area contributed by atoms with Crippen molar-refractivity contribution in [2.45, 2.75) is 4.90 Å². The second-order valence-corrected chi connectivity index (χ2v) is 5.94. The zero-order chi connectivity index (χ0) is 16.3. The molecule has 0 radical (unpaired) electrons. The molecular formula is C14H13FN2O4S. The molecule has 22 heavy (non-hydrogen) atoms. The number of anilines is 1. The number of nitrogens with two attached hydrogens (primary N) is 1. The molecular weight excluding hydrogens is 311 g/mol. The maximum atomic E-state index is 13.6. The highest BCUT2D eigenvalue weighted by Crippen LogP contribution is 2.19. The van der Waals surface area contributed by atoms with Crippen molar-refractivity contribution in [3.8, 4) is 5.75 Å². The van der Waals surface area contributed by atoms with E-state index in [0.29, 0.717) is 0 Å². The van der Waals surface area contributed by atoms with Crippen molar-refractivity contribution in [3.05, 3.63) is 53.8 Å². The summed E-state index contributed by atoms with van der Waals surface area (Å²) in [6.07, 6.45) is 0. The summed E-state index contributed by atoms with van der Waals surface area (Å²) in [6.45, 7) is 0. The van der Waals surface area contributed by atoms with Crippen LogP contribution < -0.4 is 15.2 Å². The van der Waals surface area contributed by atoms with Crippen molar-refractivity contribution >= 4 is 21.6 Å². The van der Waals surface area contributed by atoms with Crippen LogP contribution >= 0.6 is 0 Å². The standard InChI is InChI=1S/C14H13FN2O4S/c1-21-13-6-5-9(7-12(13)15)14(18)17-10-3-2-4-11(8-10)22(16,19)20/h2-8H,1H3,(H,17,18)(H2,16,19,20). The molecule has 2 rings (SSSR count). The molecule has 0 aliphatic heterocycles. The number of methoxy groups -OCH3 is 1. The predicted octanol–water partition coefficient (Wildman–Crippen LogP) is 1.73. The van der Waals surface area contributed by atoms with Crippen LogP contribution in [0, 0.1) is 5.82 Å². The van der Waals surface area contributed by atoms with E-state index in [1.807, 2.05) is 0 Å². The number of primary sulfonamides is 1. The zero-order valence-corrected chi connectivity index (χ0v) is 12.4. The van der Waals surface area contributed by atoms with Gasteiger partial charge in [0.25, 0.3) is 5.91 Å². The SMILES string of the molecule is COc1ccc(C(=O)Nc2cccc(S(N)(=O)=O)c2)cc1F. The number of hydrogen-bond donors (Lipinski definition) is 2. The normalized spacial score (nSPS) is 11.0. The van der Waals surface area contributed by atoms with Gasteiger partial charge in [-0.25, -0.2) is 17.9 Å². The van der Waals surface area contributed by atoms with Gasteiger partial charge in [0.1, 0.15) is 0 Å². The Balaban J connectivity index is 2.24. The highest BCUT2D eigenvalue weighted by atomic mass is 32.2. The first-order chi connectivity index (χ1) is 10.3. The smallest absolute Gasteiger partial charge is 0.255 e. The molecule has 0 unspecified atom stereocenters. The maximum absolute atomic E-state index is 13.6. The molecule has 0 aromatic heterocycles. The molecule has 0 saturated carbocycles. The number of sulfonamides is 1. The summed E-state index contributed by atoms with van der Waals surface area (Å²) in [5, 5.41) is 7.48. The van der Waals surface area contributed by atoms with E-state index in [4.69, 9.17) is 9.88 Å². The van der Waals surface area contributed by atoms with Gasteiger partial charge in [0, 0.05) is 11.3 Å². The number of carbonyl (C=O) groups is 1. The summed E-state index contributed by atoms with van der Waals surface area (Å²) in [5.41, 5.74) is 0.298. The zero-order valence-electron chi connectivity index (χ0n) is 11.5. The first-order valence-electron chi connectivity index (χ1n) is 6.09. The Hall–Kier alpha value is -2.45. The number of benzene rings is 2. The number of amides is 1. The Morgan fingerprint density at radius 1 is 1.23 bits per heavy atom. The summed E-state index contributed by atoms with van der Waals surface area (Å²) in [5.74, 6) is -1.24. The van der Waals surface area contributed by atoms with Crippen LogP contribution in [0.5, 0.6) is 5.75 Å².